The SMILES string of the molecule is CC1(C)c2ccccc2-n2c3ccc(-c4ccc(N(c5ccccc5)c5ccc6c(c5)C(C)(C)C5C=CC=CC65)cc4)cc3c3cc(N(c4ccccc4)c4ccccc4)cc1c32. The number of hydrogen-bond donors (Lipinski definition) is 0. The Kier molecular flexibility index (Phi) is 8.36. The second-order valence-electron chi connectivity index (χ2n) is 18.6. The Morgan fingerprint density at radius 2 is 0.984 bits per heavy atom. The van der Waals surface area contributed by atoms with E-state index in [1.807, 2.05) is 0 Å². The first kappa shape index (κ1) is 37.4. The third-order valence-electron chi connectivity index (χ3n) is 14.4. The molecule has 304 valence electrons. The van der Waals surface area contributed by atoms with Crippen molar-refractivity contribution in [3.05, 3.63) is 235 Å². The van der Waals surface area contributed by atoms with Gasteiger partial charge in [-0.25, -0.2) is 0 Å². The molecule has 1 aliphatic heterocycles. The highest BCUT2D eigenvalue weighted by molar-refractivity contribution is 6.14. The first-order valence-electron chi connectivity index (χ1n) is 22.4. The van der Waals surface area contributed by atoms with Gasteiger partial charge in [0.05, 0.1) is 16.7 Å². The normalized spacial score (nSPS) is 17.3. The van der Waals surface area contributed by atoms with E-state index >= 15 is 0 Å². The molecule has 0 fully saturated rings. The van der Waals surface area contributed by atoms with E-state index in [9.17, 15) is 0 Å². The Balaban J connectivity index is 1.01. The summed E-state index contributed by atoms with van der Waals surface area (Å²) in [6, 6.07) is 69.6. The lowest BCUT2D eigenvalue weighted by Crippen LogP contribution is -2.26. The van der Waals surface area contributed by atoms with Crippen molar-refractivity contribution in [2.75, 3.05) is 9.80 Å². The summed E-state index contributed by atoms with van der Waals surface area (Å²) in [5.41, 5.74) is 18.4. The van der Waals surface area contributed by atoms with Crippen LogP contribution in [0.4, 0.5) is 34.1 Å². The van der Waals surface area contributed by atoms with Gasteiger partial charge < -0.3 is 14.4 Å². The van der Waals surface area contributed by atoms with Gasteiger partial charge >= 0.3 is 0 Å². The second kappa shape index (κ2) is 14.1. The molecule has 0 amide bonds. The van der Waals surface area contributed by atoms with Crippen LogP contribution in [0.15, 0.2) is 212 Å². The Labute approximate surface area is 370 Å². The van der Waals surface area contributed by atoms with Gasteiger partial charge in [-0.3, -0.25) is 0 Å². The summed E-state index contributed by atoms with van der Waals surface area (Å²) in [7, 11) is 0. The van der Waals surface area contributed by atoms with Crippen LogP contribution in [0, 0.1) is 5.92 Å². The quantitative estimate of drug-likeness (QED) is 0.159. The van der Waals surface area contributed by atoms with E-state index in [2.05, 4.69) is 254 Å². The van der Waals surface area contributed by atoms with Crippen LogP contribution in [-0.4, -0.2) is 4.57 Å². The van der Waals surface area contributed by atoms with Gasteiger partial charge in [-0.1, -0.05) is 149 Å². The molecule has 0 saturated carbocycles. The minimum Gasteiger partial charge on any atom is -0.310 e. The zero-order valence-electron chi connectivity index (χ0n) is 36.2. The number of para-hydroxylation sites is 4. The van der Waals surface area contributed by atoms with E-state index in [0.717, 1.165) is 28.4 Å². The number of fused-ring (bicyclic) bond motifs is 8. The fourth-order valence-electron chi connectivity index (χ4n) is 11.2. The van der Waals surface area contributed by atoms with Gasteiger partial charge in [-0.2, -0.15) is 0 Å². The lowest BCUT2D eigenvalue weighted by Gasteiger charge is -2.36. The molecule has 1 aromatic heterocycles. The molecule has 2 unspecified atom stereocenters. The Morgan fingerprint density at radius 1 is 0.429 bits per heavy atom. The van der Waals surface area contributed by atoms with Crippen LogP contribution in [-0.2, 0) is 10.8 Å². The second-order valence-corrected chi connectivity index (χ2v) is 18.6. The predicted octanol–water partition coefficient (Wildman–Crippen LogP) is 16.1. The number of hydrogen-bond acceptors (Lipinski definition) is 2. The molecule has 12 rings (SSSR count). The number of anilines is 6. The van der Waals surface area contributed by atoms with E-state index < -0.39 is 0 Å². The minimum atomic E-state index is -0.224. The summed E-state index contributed by atoms with van der Waals surface area (Å²) >= 11 is 0. The van der Waals surface area contributed by atoms with E-state index in [1.165, 1.54) is 66.6 Å². The third-order valence-corrected chi connectivity index (χ3v) is 14.4. The van der Waals surface area contributed by atoms with Crippen LogP contribution >= 0.6 is 0 Å². The number of nitrogens with zero attached hydrogens (tertiary/aromatic N) is 3. The topological polar surface area (TPSA) is 11.4 Å². The van der Waals surface area contributed by atoms with Crippen LogP contribution in [0.3, 0.4) is 0 Å². The molecule has 0 bridgehead atoms. The first-order valence-corrected chi connectivity index (χ1v) is 22.4. The Bertz CT molecular complexity index is 3240. The molecule has 0 spiro atoms. The van der Waals surface area contributed by atoms with Gasteiger partial charge in [0.15, 0.2) is 0 Å². The molecule has 3 heteroatoms. The van der Waals surface area contributed by atoms with Crippen LogP contribution in [0.1, 0.15) is 55.9 Å². The molecule has 8 aromatic carbocycles. The molecule has 9 aromatic rings. The average molecular weight is 812 g/mol. The van der Waals surface area contributed by atoms with Gasteiger partial charge in [0.2, 0.25) is 0 Å². The van der Waals surface area contributed by atoms with Crippen molar-refractivity contribution in [1.82, 2.24) is 4.57 Å². The molecule has 2 aliphatic carbocycles. The molecule has 0 saturated heterocycles. The Morgan fingerprint density at radius 3 is 1.67 bits per heavy atom. The predicted molar refractivity (Wildman–Crippen MR) is 265 cm³/mol. The summed E-state index contributed by atoms with van der Waals surface area (Å²) in [6.45, 7) is 9.59. The third kappa shape index (κ3) is 5.72. The number of rotatable bonds is 7. The van der Waals surface area contributed by atoms with Crippen LogP contribution < -0.4 is 9.80 Å². The lowest BCUT2D eigenvalue weighted by atomic mass is 9.74. The van der Waals surface area contributed by atoms with Gasteiger partial charge in [-0.05, 0) is 136 Å². The van der Waals surface area contributed by atoms with Crippen LogP contribution in [0.25, 0.3) is 38.6 Å². The fourth-order valence-corrected chi connectivity index (χ4v) is 11.2. The monoisotopic (exact) mass is 811 g/mol. The molecule has 3 nitrogen and oxygen atoms in total. The van der Waals surface area contributed by atoms with Crippen molar-refractivity contribution >= 4 is 55.9 Å². The Hall–Kier alpha value is -7.36. The molecule has 2 heterocycles. The molecule has 2 atom stereocenters. The van der Waals surface area contributed by atoms with Gasteiger partial charge in [0, 0.05) is 56.2 Å². The van der Waals surface area contributed by atoms with Gasteiger partial charge in [0.1, 0.15) is 0 Å². The zero-order chi connectivity index (χ0) is 42.5. The van der Waals surface area contributed by atoms with E-state index in [0.29, 0.717) is 11.8 Å². The highest BCUT2D eigenvalue weighted by Gasteiger charge is 2.44. The smallest absolute Gasteiger partial charge is 0.0583 e. The summed E-state index contributed by atoms with van der Waals surface area (Å²) < 4.78 is 2.52. The maximum Gasteiger partial charge on any atom is 0.0583 e. The highest BCUT2D eigenvalue weighted by Crippen LogP contribution is 2.55. The van der Waals surface area contributed by atoms with Crippen molar-refractivity contribution in [3.8, 4) is 16.8 Å². The number of aromatic nitrogens is 1. The van der Waals surface area contributed by atoms with Crippen molar-refractivity contribution in [1.29, 1.82) is 0 Å². The van der Waals surface area contributed by atoms with E-state index in [4.69, 9.17) is 0 Å². The molecule has 0 radical (unpaired) electrons. The maximum absolute atomic E-state index is 2.52. The summed E-state index contributed by atoms with van der Waals surface area (Å²) in [4.78, 5) is 4.81. The maximum atomic E-state index is 2.52. The summed E-state index contributed by atoms with van der Waals surface area (Å²) in [6.07, 6.45) is 9.22. The van der Waals surface area contributed by atoms with Crippen molar-refractivity contribution in [2.45, 2.75) is 44.4 Å². The number of benzene rings is 8. The summed E-state index contributed by atoms with van der Waals surface area (Å²) in [5.74, 6) is 0.891. The molecule has 0 N–H and O–H groups in total. The van der Waals surface area contributed by atoms with E-state index in [1.54, 1.807) is 0 Å². The van der Waals surface area contributed by atoms with E-state index in [-0.39, 0.29) is 10.8 Å². The molecular formula is C60H49N3. The highest BCUT2D eigenvalue weighted by atomic mass is 15.1. The first-order chi connectivity index (χ1) is 30.8. The molecule has 3 aliphatic rings. The van der Waals surface area contributed by atoms with Crippen molar-refractivity contribution in [3.63, 3.8) is 0 Å². The zero-order valence-corrected chi connectivity index (χ0v) is 36.2. The fraction of sp³-hybridized carbons (Fsp3) is 0.133. The largest absolute Gasteiger partial charge is 0.310 e. The van der Waals surface area contributed by atoms with Gasteiger partial charge in [0.25, 0.3) is 0 Å². The minimum absolute atomic E-state index is 0.0332. The van der Waals surface area contributed by atoms with Crippen LogP contribution in [0.5, 0.6) is 0 Å². The standard InChI is InChI=1S/C60H49N3/c1-59(2)52-25-15-14-24-48(52)49-34-33-46(38-54(49)59)61(42-18-8-5-9-19-42)45-31-28-40(29-32-45)41-30-35-56-50(36-41)51-37-47(62(43-20-10-6-11-21-43)44-22-12-7-13-23-44)39-55-58(51)63(56)57-27-17-16-26-53(57)60(55,3)4/h5-39,48,52H,1-4H3. The molecular weight excluding hydrogens is 763 g/mol. The van der Waals surface area contributed by atoms with Gasteiger partial charge in [-0.15, -0.1) is 0 Å². The average Bonchev–Trinajstić information content (AvgIpc) is 3.77. The number of allylic oxidation sites excluding steroid dienone is 4. The summed E-state index contributed by atoms with van der Waals surface area (Å²) in [5, 5.41) is 2.51. The molecule has 63 heavy (non-hydrogen) atoms. The van der Waals surface area contributed by atoms with Crippen molar-refractivity contribution < 1.29 is 0 Å². The van der Waals surface area contributed by atoms with Crippen molar-refractivity contribution in [2.24, 2.45) is 5.92 Å². The lowest BCUT2D eigenvalue weighted by molar-refractivity contribution is 0.394. The van der Waals surface area contributed by atoms with Crippen LogP contribution in [0.2, 0.25) is 0 Å².